The summed E-state index contributed by atoms with van der Waals surface area (Å²) in [5.74, 6) is 1.87. The van der Waals surface area contributed by atoms with E-state index < -0.39 is 17.7 Å². The molecule has 2 bridgehead atoms. The number of para-hydroxylation sites is 2. The zero-order valence-electron chi connectivity index (χ0n) is 26.8. The molecule has 4 N–H and O–H groups in total. The first-order valence-corrected chi connectivity index (χ1v) is 16.6. The number of hydrogen-bond acceptors (Lipinski definition) is 12. The van der Waals surface area contributed by atoms with E-state index in [0.717, 1.165) is 30.6 Å². The largest absolute Gasteiger partial charge is 0.353 e. The molecular formula is C34H45N7O5. The number of nitrogens with one attached hydrogen (secondary N) is 4. The van der Waals surface area contributed by atoms with Gasteiger partial charge in [-0.15, -0.1) is 0 Å². The molecule has 8 rings (SSSR count). The fourth-order valence-electron chi connectivity index (χ4n) is 7.57. The predicted molar refractivity (Wildman–Crippen MR) is 173 cm³/mol. The molecular weight excluding hydrogens is 586 g/mol. The van der Waals surface area contributed by atoms with E-state index in [-0.39, 0.29) is 18.1 Å². The molecule has 3 aromatic rings. The van der Waals surface area contributed by atoms with Crippen LogP contribution in [0.15, 0.2) is 60.7 Å². The summed E-state index contributed by atoms with van der Waals surface area (Å²) in [5, 5.41) is 13.3. The summed E-state index contributed by atoms with van der Waals surface area (Å²) >= 11 is 0. The Morgan fingerprint density at radius 2 is 1.46 bits per heavy atom. The van der Waals surface area contributed by atoms with Crippen molar-refractivity contribution in [2.24, 2.45) is 23.7 Å². The molecule has 5 heterocycles. The van der Waals surface area contributed by atoms with E-state index in [1.807, 2.05) is 67.6 Å². The van der Waals surface area contributed by atoms with E-state index in [1.54, 1.807) is 0 Å². The summed E-state index contributed by atoms with van der Waals surface area (Å²) in [5.41, 5.74) is 1.22. The van der Waals surface area contributed by atoms with Crippen molar-refractivity contribution < 1.29 is 24.0 Å². The highest BCUT2D eigenvalue weighted by Crippen LogP contribution is 2.60. The lowest BCUT2D eigenvalue weighted by Gasteiger charge is -2.60. The first kappa shape index (κ1) is 31.2. The molecule has 0 radical (unpaired) electrons. The molecule has 0 unspecified atom stereocenters. The average molecular weight is 632 g/mol. The van der Waals surface area contributed by atoms with Gasteiger partial charge in [0.15, 0.2) is 18.2 Å². The van der Waals surface area contributed by atoms with Crippen LogP contribution < -0.4 is 21.3 Å². The van der Waals surface area contributed by atoms with Crippen molar-refractivity contribution in [3.05, 3.63) is 60.7 Å². The Labute approximate surface area is 270 Å². The lowest BCUT2D eigenvalue weighted by atomic mass is 9.58. The van der Waals surface area contributed by atoms with Gasteiger partial charge < -0.3 is 35.5 Å². The molecule has 46 heavy (non-hydrogen) atoms. The van der Waals surface area contributed by atoms with E-state index >= 15 is 0 Å². The maximum atomic E-state index is 6.53. The highest BCUT2D eigenvalue weighted by atomic mass is 17.3. The van der Waals surface area contributed by atoms with E-state index in [2.05, 4.69) is 50.1 Å². The monoisotopic (exact) mass is 631 g/mol. The van der Waals surface area contributed by atoms with Crippen LogP contribution >= 0.6 is 0 Å². The number of rotatable bonds is 12. The first-order valence-electron chi connectivity index (χ1n) is 16.6. The molecule has 12 heteroatoms. The zero-order chi connectivity index (χ0) is 31.6. The summed E-state index contributed by atoms with van der Waals surface area (Å²) in [4.78, 5) is 25.9. The van der Waals surface area contributed by atoms with E-state index in [1.165, 1.54) is 6.42 Å². The number of fused-ring (bicyclic) bond motifs is 2. The van der Waals surface area contributed by atoms with Crippen LogP contribution in [-0.2, 0) is 24.0 Å². The van der Waals surface area contributed by atoms with Gasteiger partial charge in [0.05, 0.1) is 6.61 Å². The highest BCUT2D eigenvalue weighted by molar-refractivity contribution is 5.59. The fraction of sp³-hybridized carbons (Fsp3) is 0.559. The van der Waals surface area contributed by atoms with Gasteiger partial charge in [-0.05, 0) is 62.3 Å². The molecule has 1 saturated carbocycles. The minimum atomic E-state index is -0.785. The Bertz CT molecular complexity index is 1390. The number of aromatic nitrogens is 3. The molecule has 4 saturated heterocycles. The van der Waals surface area contributed by atoms with Crippen molar-refractivity contribution in [2.45, 2.75) is 70.4 Å². The maximum Gasteiger partial charge on any atom is 0.233 e. The third kappa shape index (κ3) is 6.42. The van der Waals surface area contributed by atoms with Gasteiger partial charge in [-0.25, -0.2) is 9.78 Å². The molecule has 5 aliphatic rings. The van der Waals surface area contributed by atoms with Gasteiger partial charge in [-0.1, -0.05) is 50.2 Å². The first-order chi connectivity index (χ1) is 22.4. The number of anilines is 5. The van der Waals surface area contributed by atoms with Crippen molar-refractivity contribution in [2.75, 3.05) is 42.2 Å². The Morgan fingerprint density at radius 1 is 0.783 bits per heavy atom. The minimum Gasteiger partial charge on any atom is -0.353 e. The van der Waals surface area contributed by atoms with E-state index in [0.29, 0.717) is 55.9 Å². The summed E-state index contributed by atoms with van der Waals surface area (Å²) in [6, 6.07) is 19.6. The average Bonchev–Trinajstić information content (AvgIpc) is 3.29. The van der Waals surface area contributed by atoms with E-state index in [4.69, 9.17) is 24.0 Å². The van der Waals surface area contributed by atoms with Crippen LogP contribution in [0.25, 0.3) is 0 Å². The summed E-state index contributed by atoms with van der Waals surface area (Å²) in [6.45, 7) is 8.98. The molecule has 12 nitrogen and oxygen atoms in total. The van der Waals surface area contributed by atoms with Gasteiger partial charge in [0.25, 0.3) is 0 Å². The molecule has 0 amide bonds. The number of ether oxygens (including phenoxy) is 3. The predicted octanol–water partition coefficient (Wildman–Crippen LogP) is 5.58. The molecule has 8 atom stereocenters. The molecule has 1 spiro atoms. The Balaban J connectivity index is 0.911. The van der Waals surface area contributed by atoms with Crippen LogP contribution in [0.4, 0.5) is 29.2 Å². The van der Waals surface area contributed by atoms with E-state index in [9.17, 15) is 0 Å². The Hall–Kier alpha value is -3.39. The lowest BCUT2D eigenvalue weighted by Crippen LogP contribution is -2.70. The fourth-order valence-corrected chi connectivity index (χ4v) is 7.57. The quantitative estimate of drug-likeness (QED) is 0.147. The third-order valence-corrected chi connectivity index (χ3v) is 9.94. The van der Waals surface area contributed by atoms with Gasteiger partial charge in [0.1, 0.15) is 0 Å². The normalized spacial score (nSPS) is 33.1. The van der Waals surface area contributed by atoms with Gasteiger partial charge in [0.2, 0.25) is 23.6 Å². The molecule has 246 valence electrons. The second-order valence-corrected chi connectivity index (χ2v) is 13.1. The summed E-state index contributed by atoms with van der Waals surface area (Å²) < 4.78 is 19.3. The van der Waals surface area contributed by atoms with Gasteiger partial charge in [0, 0.05) is 49.3 Å². The molecule has 1 aliphatic carbocycles. The maximum absolute atomic E-state index is 6.53. The van der Waals surface area contributed by atoms with Crippen LogP contribution in [0.2, 0.25) is 0 Å². The van der Waals surface area contributed by atoms with Crippen LogP contribution in [0.5, 0.6) is 0 Å². The van der Waals surface area contributed by atoms with Crippen LogP contribution in [0.1, 0.15) is 46.5 Å². The zero-order valence-corrected chi connectivity index (χ0v) is 26.8. The summed E-state index contributed by atoms with van der Waals surface area (Å²) in [7, 11) is 0. The second-order valence-electron chi connectivity index (χ2n) is 13.1. The number of benzene rings is 2. The van der Waals surface area contributed by atoms with Crippen LogP contribution in [0, 0.1) is 23.7 Å². The van der Waals surface area contributed by atoms with Gasteiger partial charge in [-0.3, -0.25) is 0 Å². The Morgan fingerprint density at radius 3 is 2.15 bits per heavy atom. The second kappa shape index (κ2) is 13.4. The van der Waals surface area contributed by atoms with Gasteiger partial charge in [-0.2, -0.15) is 15.0 Å². The van der Waals surface area contributed by atoms with Crippen molar-refractivity contribution >= 4 is 29.2 Å². The molecule has 1 aromatic heterocycles. The van der Waals surface area contributed by atoms with Crippen molar-refractivity contribution in [1.29, 1.82) is 0 Å². The van der Waals surface area contributed by atoms with Crippen molar-refractivity contribution in [1.82, 2.24) is 20.3 Å². The SMILES string of the molecule is C[C@H]1[C@@H](OCCNCCNc2nc(Nc3ccccc3)nc(Nc3ccccc3)n2)O[C@@H]2O[C@@]3(C)CC[C@H]4[C@H](C)CC[C@@H]1[C@@]24OO3. The van der Waals surface area contributed by atoms with Crippen molar-refractivity contribution in [3.8, 4) is 0 Å². The third-order valence-electron chi connectivity index (χ3n) is 9.94. The lowest BCUT2D eigenvalue weighted by molar-refractivity contribution is -0.577. The molecule has 2 aromatic carbocycles. The summed E-state index contributed by atoms with van der Waals surface area (Å²) in [6.07, 6.45) is 3.18. The molecule has 4 aliphatic heterocycles. The van der Waals surface area contributed by atoms with Crippen LogP contribution in [-0.4, -0.2) is 65.2 Å². The van der Waals surface area contributed by atoms with Gasteiger partial charge >= 0.3 is 0 Å². The number of hydrogen-bond donors (Lipinski definition) is 4. The standard InChI is InChI=1S/C34H45N7O5/c1-22-14-15-27-23(2)28(43-29-34(27)26(22)16-17-33(3,44-29)45-46-34)42-21-20-35-18-19-36-30-39-31(37-24-10-6-4-7-11-24)41-32(40-30)38-25-12-8-5-9-13-25/h4-13,22-23,26-29,35H,14-21H2,1-3H3,(H3,36,37,38,39,40,41)/t22-,23-,26+,27+,28+,29-,33-,34-/m1/s1. The van der Waals surface area contributed by atoms with Crippen molar-refractivity contribution in [3.63, 3.8) is 0 Å². The smallest absolute Gasteiger partial charge is 0.233 e. The highest BCUT2D eigenvalue weighted by Gasteiger charge is 2.69. The Kier molecular flexibility index (Phi) is 9.08. The topological polar surface area (TPSA) is 133 Å². The molecule has 5 fully saturated rings. The van der Waals surface area contributed by atoms with Crippen LogP contribution in [0.3, 0.4) is 0 Å². The number of nitrogens with zero attached hydrogens (tertiary/aromatic N) is 3. The minimum absolute atomic E-state index is 0.156.